The molecule has 1 unspecified atom stereocenters. The van der Waals surface area contributed by atoms with E-state index in [2.05, 4.69) is 20.5 Å². The summed E-state index contributed by atoms with van der Waals surface area (Å²) in [5.74, 6) is -0.464. The molecule has 0 spiro atoms. The Hall–Kier alpha value is -3.55. The van der Waals surface area contributed by atoms with Crippen molar-refractivity contribution in [2.24, 2.45) is 5.41 Å². The van der Waals surface area contributed by atoms with Gasteiger partial charge in [0.1, 0.15) is 12.1 Å². The SMILES string of the molecule is CNC(=O)C1(Cc2ccc(-c3ccccc3F)cc2)CCCN(C(=O)c2ncn[nH]2)C1. The molecule has 1 aliphatic heterocycles. The fraction of sp³-hybridized carbons (Fsp3) is 0.304. The summed E-state index contributed by atoms with van der Waals surface area (Å²) in [7, 11) is 1.61. The van der Waals surface area contributed by atoms with Gasteiger partial charge < -0.3 is 10.2 Å². The maximum atomic E-state index is 14.1. The van der Waals surface area contributed by atoms with Crippen LogP contribution in [0.15, 0.2) is 54.9 Å². The van der Waals surface area contributed by atoms with E-state index in [1.54, 1.807) is 30.1 Å². The van der Waals surface area contributed by atoms with E-state index >= 15 is 0 Å². The minimum absolute atomic E-state index is 0.0965. The predicted molar refractivity (Wildman–Crippen MR) is 114 cm³/mol. The number of benzene rings is 2. The molecule has 0 bridgehead atoms. The van der Waals surface area contributed by atoms with Crippen LogP contribution in [0.2, 0.25) is 0 Å². The Balaban J connectivity index is 1.57. The maximum Gasteiger partial charge on any atom is 0.291 e. The molecule has 0 radical (unpaired) electrons. The highest BCUT2D eigenvalue weighted by Crippen LogP contribution is 2.35. The van der Waals surface area contributed by atoms with E-state index in [0.717, 1.165) is 11.1 Å². The van der Waals surface area contributed by atoms with E-state index in [9.17, 15) is 14.0 Å². The Morgan fingerprint density at radius 1 is 1.19 bits per heavy atom. The van der Waals surface area contributed by atoms with Crippen LogP contribution in [0.25, 0.3) is 11.1 Å². The minimum Gasteiger partial charge on any atom is -0.359 e. The third-order valence-electron chi connectivity index (χ3n) is 5.87. The summed E-state index contributed by atoms with van der Waals surface area (Å²) in [5, 5.41) is 9.11. The number of hydrogen-bond donors (Lipinski definition) is 2. The summed E-state index contributed by atoms with van der Waals surface area (Å²) in [6.07, 6.45) is 3.15. The molecule has 1 atom stereocenters. The van der Waals surface area contributed by atoms with Crippen molar-refractivity contribution in [1.29, 1.82) is 0 Å². The molecule has 2 heterocycles. The normalized spacial score (nSPS) is 18.6. The Kier molecular flexibility index (Phi) is 5.79. The van der Waals surface area contributed by atoms with Gasteiger partial charge in [0.15, 0.2) is 0 Å². The number of likely N-dealkylation sites (tertiary alicyclic amines) is 1. The van der Waals surface area contributed by atoms with Crippen LogP contribution < -0.4 is 5.32 Å². The number of nitrogens with zero attached hydrogens (tertiary/aromatic N) is 3. The van der Waals surface area contributed by atoms with Gasteiger partial charge in [0, 0.05) is 25.7 Å². The number of halogens is 1. The molecular weight excluding hydrogens is 397 g/mol. The molecule has 160 valence electrons. The van der Waals surface area contributed by atoms with Crippen LogP contribution in [0.4, 0.5) is 4.39 Å². The Morgan fingerprint density at radius 3 is 2.65 bits per heavy atom. The van der Waals surface area contributed by atoms with Gasteiger partial charge in [0.25, 0.3) is 5.91 Å². The predicted octanol–water partition coefficient (Wildman–Crippen LogP) is 2.82. The van der Waals surface area contributed by atoms with Gasteiger partial charge in [-0.25, -0.2) is 9.37 Å². The summed E-state index contributed by atoms with van der Waals surface area (Å²) in [5.41, 5.74) is 1.53. The lowest BCUT2D eigenvalue weighted by molar-refractivity contribution is -0.133. The molecule has 2 aromatic carbocycles. The molecule has 1 saturated heterocycles. The number of nitrogens with one attached hydrogen (secondary N) is 2. The molecule has 1 fully saturated rings. The summed E-state index contributed by atoms with van der Waals surface area (Å²) in [4.78, 5) is 31.3. The minimum atomic E-state index is -0.748. The molecule has 8 heteroatoms. The molecule has 4 rings (SSSR count). The van der Waals surface area contributed by atoms with Crippen molar-refractivity contribution in [3.05, 3.63) is 72.1 Å². The third-order valence-corrected chi connectivity index (χ3v) is 5.87. The summed E-state index contributed by atoms with van der Waals surface area (Å²) in [6, 6.07) is 14.2. The van der Waals surface area contributed by atoms with Gasteiger partial charge in [-0.1, -0.05) is 42.5 Å². The number of H-pyrrole nitrogens is 1. The molecule has 7 nitrogen and oxygen atoms in total. The first-order valence-corrected chi connectivity index (χ1v) is 10.2. The molecule has 1 aliphatic rings. The molecular formula is C23H24FN5O2. The zero-order chi connectivity index (χ0) is 21.8. The van der Waals surface area contributed by atoms with Crippen molar-refractivity contribution in [3.8, 4) is 11.1 Å². The second-order valence-corrected chi connectivity index (χ2v) is 7.88. The summed E-state index contributed by atoms with van der Waals surface area (Å²) < 4.78 is 14.1. The van der Waals surface area contributed by atoms with Crippen LogP contribution in [-0.4, -0.2) is 52.0 Å². The van der Waals surface area contributed by atoms with E-state index in [1.807, 2.05) is 24.3 Å². The fourth-order valence-electron chi connectivity index (χ4n) is 4.33. The average molecular weight is 421 g/mol. The number of amides is 2. The van der Waals surface area contributed by atoms with Crippen LogP contribution in [0.1, 0.15) is 29.0 Å². The van der Waals surface area contributed by atoms with Gasteiger partial charge in [-0.3, -0.25) is 14.7 Å². The average Bonchev–Trinajstić information content (AvgIpc) is 3.34. The second kappa shape index (κ2) is 8.67. The van der Waals surface area contributed by atoms with Crippen molar-refractivity contribution in [2.45, 2.75) is 19.3 Å². The fourth-order valence-corrected chi connectivity index (χ4v) is 4.33. The Bertz CT molecular complexity index is 1070. The standard InChI is InChI=1S/C23H24FN5O2/c1-25-22(31)23(11-4-12-29(14-23)21(30)20-26-15-27-28-20)13-16-7-9-17(10-8-16)18-5-2-3-6-19(18)24/h2-3,5-10,15H,4,11-14H2,1H3,(H,25,31)(H,26,27,28). The highest BCUT2D eigenvalue weighted by atomic mass is 19.1. The van der Waals surface area contributed by atoms with Gasteiger partial charge in [-0.15, -0.1) is 0 Å². The molecule has 1 aromatic heterocycles. The highest BCUT2D eigenvalue weighted by Gasteiger charge is 2.43. The monoisotopic (exact) mass is 421 g/mol. The first kappa shape index (κ1) is 20.7. The van der Waals surface area contributed by atoms with E-state index in [-0.39, 0.29) is 23.5 Å². The molecule has 31 heavy (non-hydrogen) atoms. The van der Waals surface area contributed by atoms with Gasteiger partial charge >= 0.3 is 0 Å². The van der Waals surface area contributed by atoms with E-state index in [1.165, 1.54) is 12.4 Å². The van der Waals surface area contributed by atoms with Crippen LogP contribution >= 0.6 is 0 Å². The van der Waals surface area contributed by atoms with Crippen molar-refractivity contribution < 1.29 is 14.0 Å². The van der Waals surface area contributed by atoms with Gasteiger partial charge in [0.05, 0.1) is 5.41 Å². The number of rotatable bonds is 5. The molecule has 3 aromatic rings. The van der Waals surface area contributed by atoms with Crippen LogP contribution in [0, 0.1) is 11.2 Å². The molecule has 2 amide bonds. The highest BCUT2D eigenvalue weighted by molar-refractivity contribution is 5.91. The summed E-state index contributed by atoms with van der Waals surface area (Å²) in [6.45, 7) is 0.853. The zero-order valence-electron chi connectivity index (χ0n) is 17.3. The molecule has 0 saturated carbocycles. The number of carbonyl (C=O) groups excluding carboxylic acids is 2. The zero-order valence-corrected chi connectivity index (χ0v) is 17.3. The quantitative estimate of drug-likeness (QED) is 0.663. The number of aromatic amines is 1. The van der Waals surface area contributed by atoms with Crippen molar-refractivity contribution in [2.75, 3.05) is 20.1 Å². The lowest BCUT2D eigenvalue weighted by Gasteiger charge is -2.41. The first-order valence-electron chi connectivity index (χ1n) is 10.2. The van der Waals surface area contributed by atoms with Gasteiger partial charge in [-0.2, -0.15) is 5.10 Å². The first-order chi connectivity index (χ1) is 15.0. The van der Waals surface area contributed by atoms with E-state index in [4.69, 9.17) is 0 Å². The topological polar surface area (TPSA) is 91.0 Å². The number of aromatic nitrogens is 3. The Labute approximate surface area is 179 Å². The van der Waals surface area contributed by atoms with Crippen molar-refractivity contribution in [3.63, 3.8) is 0 Å². The lowest BCUT2D eigenvalue weighted by Crippen LogP contribution is -2.54. The van der Waals surface area contributed by atoms with Crippen LogP contribution in [0.5, 0.6) is 0 Å². The van der Waals surface area contributed by atoms with Crippen molar-refractivity contribution >= 4 is 11.8 Å². The maximum absolute atomic E-state index is 14.1. The second-order valence-electron chi connectivity index (χ2n) is 7.88. The Morgan fingerprint density at radius 2 is 1.97 bits per heavy atom. The molecule has 0 aliphatic carbocycles. The van der Waals surface area contributed by atoms with Crippen LogP contribution in [0.3, 0.4) is 0 Å². The summed E-state index contributed by atoms with van der Waals surface area (Å²) >= 11 is 0. The van der Waals surface area contributed by atoms with Crippen molar-refractivity contribution in [1.82, 2.24) is 25.4 Å². The number of carbonyl (C=O) groups is 2. The van der Waals surface area contributed by atoms with Gasteiger partial charge in [-0.05, 0) is 36.5 Å². The third kappa shape index (κ3) is 4.19. The smallest absolute Gasteiger partial charge is 0.291 e. The van der Waals surface area contributed by atoms with Gasteiger partial charge in [0.2, 0.25) is 11.7 Å². The largest absolute Gasteiger partial charge is 0.359 e. The van der Waals surface area contributed by atoms with E-state index < -0.39 is 5.41 Å². The van der Waals surface area contributed by atoms with Crippen LogP contribution in [-0.2, 0) is 11.2 Å². The number of hydrogen-bond acceptors (Lipinski definition) is 4. The number of piperidine rings is 1. The van der Waals surface area contributed by atoms with E-state index in [0.29, 0.717) is 37.9 Å². The molecule has 2 N–H and O–H groups in total. The lowest BCUT2D eigenvalue weighted by atomic mass is 9.74.